The van der Waals surface area contributed by atoms with Crippen molar-refractivity contribution in [1.82, 2.24) is 4.98 Å². The van der Waals surface area contributed by atoms with Crippen LogP contribution >= 0.6 is 27.3 Å². The van der Waals surface area contributed by atoms with E-state index in [0.717, 1.165) is 35.2 Å². The molecule has 1 atom stereocenters. The second-order valence-electron chi connectivity index (χ2n) is 5.09. The third-order valence-electron chi connectivity index (χ3n) is 3.24. The molecule has 0 saturated heterocycles. The first kappa shape index (κ1) is 18.2. The Balaban J connectivity index is 2.00. The number of unbranched alkanes of at least 4 members (excludes halogenated alkanes) is 1. The second-order valence-corrected chi connectivity index (χ2v) is 7.22. The number of methoxy groups -OCH3 is 1. The van der Waals surface area contributed by atoms with E-state index in [1.807, 2.05) is 18.2 Å². The highest BCUT2D eigenvalue weighted by Gasteiger charge is 2.16. The lowest BCUT2D eigenvalue weighted by molar-refractivity contribution is -0.115. The number of aromatic nitrogens is 1. The zero-order valence-electron chi connectivity index (χ0n) is 13.3. The number of hydrogen-bond donors (Lipinski definition) is 1. The van der Waals surface area contributed by atoms with Crippen LogP contribution in [0.25, 0.3) is 10.2 Å². The van der Waals surface area contributed by atoms with Crippen LogP contribution in [0.3, 0.4) is 0 Å². The number of nitrogens with one attached hydrogen (secondary N) is 1. The smallest absolute Gasteiger partial charge is 0.239 e. The van der Waals surface area contributed by atoms with Crippen LogP contribution in [0, 0.1) is 0 Å². The van der Waals surface area contributed by atoms with Gasteiger partial charge >= 0.3 is 0 Å². The average Bonchev–Trinajstić information content (AvgIpc) is 2.94. The van der Waals surface area contributed by atoms with E-state index in [1.54, 1.807) is 7.11 Å². The van der Waals surface area contributed by atoms with E-state index in [1.165, 1.54) is 11.3 Å². The number of thiazole rings is 1. The molecule has 1 aromatic carbocycles. The van der Waals surface area contributed by atoms with Gasteiger partial charge in [-0.15, -0.1) is 0 Å². The lowest BCUT2D eigenvalue weighted by atomic mass is 10.2. The molecule has 0 spiro atoms. The minimum atomic E-state index is -0.178. The first-order valence-corrected chi connectivity index (χ1v) is 9.34. The van der Waals surface area contributed by atoms with Crippen LogP contribution in [-0.4, -0.2) is 36.0 Å². The lowest BCUT2D eigenvalue weighted by Crippen LogP contribution is -2.22. The summed E-state index contributed by atoms with van der Waals surface area (Å²) in [6.45, 7) is 3.16. The van der Waals surface area contributed by atoms with Crippen molar-refractivity contribution in [3.8, 4) is 5.75 Å². The number of nitrogens with zero attached hydrogens (tertiary/aromatic N) is 1. The quantitative estimate of drug-likeness (QED) is 0.505. The van der Waals surface area contributed by atoms with Gasteiger partial charge in [0.2, 0.25) is 5.91 Å². The number of fused-ring (bicyclic) bond motifs is 1. The number of halogens is 1. The van der Waals surface area contributed by atoms with Crippen molar-refractivity contribution in [1.29, 1.82) is 0 Å². The van der Waals surface area contributed by atoms with Crippen LogP contribution in [0.1, 0.15) is 26.2 Å². The van der Waals surface area contributed by atoms with Crippen molar-refractivity contribution in [3.63, 3.8) is 0 Å². The third-order valence-corrected chi connectivity index (χ3v) is 5.05. The van der Waals surface area contributed by atoms with Crippen molar-refractivity contribution < 1.29 is 14.3 Å². The number of hydrogen-bond acceptors (Lipinski definition) is 5. The zero-order chi connectivity index (χ0) is 16.7. The molecule has 0 aliphatic rings. The maximum Gasteiger partial charge on any atom is 0.239 e. The molecule has 0 aliphatic carbocycles. The van der Waals surface area contributed by atoms with Crippen molar-refractivity contribution in [3.05, 3.63) is 18.2 Å². The third kappa shape index (κ3) is 5.44. The zero-order valence-corrected chi connectivity index (χ0v) is 15.7. The van der Waals surface area contributed by atoms with Crippen LogP contribution in [0.5, 0.6) is 5.75 Å². The predicted molar refractivity (Wildman–Crippen MR) is 97.9 cm³/mol. The summed E-state index contributed by atoms with van der Waals surface area (Å²) in [6, 6.07) is 5.70. The Bertz CT molecular complexity index is 647. The molecule has 2 aromatic rings. The molecule has 1 unspecified atom stereocenters. The fourth-order valence-electron chi connectivity index (χ4n) is 1.99. The largest absolute Gasteiger partial charge is 0.491 e. The number of anilines is 1. The summed E-state index contributed by atoms with van der Waals surface area (Å²) < 4.78 is 11.5. The first-order chi connectivity index (χ1) is 11.1. The van der Waals surface area contributed by atoms with Crippen LogP contribution in [-0.2, 0) is 9.53 Å². The van der Waals surface area contributed by atoms with Crippen LogP contribution < -0.4 is 10.1 Å². The van der Waals surface area contributed by atoms with Gasteiger partial charge in [0.05, 0.1) is 21.7 Å². The molecule has 5 nitrogen and oxygen atoms in total. The molecular weight excluding hydrogens is 380 g/mol. The highest BCUT2D eigenvalue weighted by molar-refractivity contribution is 9.10. The van der Waals surface area contributed by atoms with Gasteiger partial charge in [0.1, 0.15) is 12.4 Å². The Kier molecular flexibility index (Phi) is 7.26. The average molecular weight is 401 g/mol. The van der Waals surface area contributed by atoms with Gasteiger partial charge in [-0.05, 0) is 24.6 Å². The number of alkyl halides is 1. The van der Waals surface area contributed by atoms with Gasteiger partial charge in [-0.25, -0.2) is 4.98 Å². The molecule has 1 heterocycles. The fraction of sp³-hybridized carbons (Fsp3) is 0.500. The van der Waals surface area contributed by atoms with Gasteiger partial charge < -0.3 is 14.8 Å². The monoisotopic (exact) mass is 400 g/mol. The van der Waals surface area contributed by atoms with Gasteiger partial charge in [-0.2, -0.15) is 0 Å². The highest BCUT2D eigenvalue weighted by atomic mass is 79.9. The number of amides is 1. The van der Waals surface area contributed by atoms with Crippen molar-refractivity contribution in [2.45, 2.75) is 31.0 Å². The minimum Gasteiger partial charge on any atom is -0.491 e. The van der Waals surface area contributed by atoms with Crippen molar-refractivity contribution in [2.24, 2.45) is 0 Å². The molecule has 23 heavy (non-hydrogen) atoms. The Labute approximate surface area is 148 Å². The van der Waals surface area contributed by atoms with E-state index < -0.39 is 0 Å². The van der Waals surface area contributed by atoms with Gasteiger partial charge in [0.15, 0.2) is 5.13 Å². The van der Waals surface area contributed by atoms with E-state index in [9.17, 15) is 4.79 Å². The van der Waals surface area contributed by atoms with Crippen molar-refractivity contribution in [2.75, 3.05) is 25.6 Å². The summed E-state index contributed by atoms with van der Waals surface area (Å²) >= 11 is 4.87. The van der Waals surface area contributed by atoms with Gasteiger partial charge in [0.25, 0.3) is 0 Å². The van der Waals surface area contributed by atoms with Gasteiger partial charge in [0, 0.05) is 7.11 Å². The topological polar surface area (TPSA) is 60.5 Å². The summed E-state index contributed by atoms with van der Waals surface area (Å²) in [5, 5.41) is 3.48. The highest BCUT2D eigenvalue weighted by Crippen LogP contribution is 2.29. The first-order valence-electron chi connectivity index (χ1n) is 7.61. The fourth-order valence-corrected chi connectivity index (χ4v) is 3.32. The van der Waals surface area contributed by atoms with Gasteiger partial charge in [-0.1, -0.05) is 47.0 Å². The maximum absolute atomic E-state index is 12.1. The SMILES string of the molecule is CCCCC(Br)C(=O)Nc1nc2ccc(OCCOC)cc2s1. The molecule has 126 valence electrons. The lowest BCUT2D eigenvalue weighted by Gasteiger charge is -2.07. The molecule has 0 fully saturated rings. The Morgan fingerprint density at radius 2 is 2.26 bits per heavy atom. The normalized spacial score (nSPS) is 12.3. The van der Waals surface area contributed by atoms with Crippen LogP contribution in [0.4, 0.5) is 5.13 Å². The molecule has 1 amide bonds. The summed E-state index contributed by atoms with van der Waals surface area (Å²) in [5.41, 5.74) is 0.851. The molecular formula is C16H21BrN2O3S. The van der Waals surface area contributed by atoms with Crippen LogP contribution in [0.15, 0.2) is 18.2 Å². The maximum atomic E-state index is 12.1. The number of carbonyl (C=O) groups excluding carboxylic acids is 1. The Morgan fingerprint density at radius 1 is 1.43 bits per heavy atom. The molecule has 7 heteroatoms. The summed E-state index contributed by atoms with van der Waals surface area (Å²) in [4.78, 5) is 16.4. The van der Waals surface area contributed by atoms with Gasteiger partial charge in [-0.3, -0.25) is 4.79 Å². The molecule has 1 N–H and O–H groups in total. The molecule has 0 saturated carbocycles. The van der Waals surface area contributed by atoms with Crippen LogP contribution in [0.2, 0.25) is 0 Å². The Hall–Kier alpha value is -1.18. The van der Waals surface area contributed by atoms with E-state index in [-0.39, 0.29) is 10.7 Å². The molecule has 0 bridgehead atoms. The summed E-state index contributed by atoms with van der Waals surface area (Å²) in [5.74, 6) is 0.728. The molecule has 0 radical (unpaired) electrons. The Morgan fingerprint density at radius 3 is 3.00 bits per heavy atom. The van der Waals surface area contributed by atoms with E-state index >= 15 is 0 Å². The van der Waals surface area contributed by atoms with Crippen molar-refractivity contribution >= 4 is 48.5 Å². The molecule has 2 rings (SSSR count). The molecule has 0 aliphatic heterocycles. The standard InChI is InChI=1S/C16H21BrN2O3S/c1-3-4-5-12(17)15(20)19-16-18-13-7-6-11(10-14(13)23-16)22-9-8-21-2/h6-7,10,12H,3-5,8-9H2,1-2H3,(H,18,19,20). The number of benzene rings is 1. The summed E-state index contributed by atoms with van der Waals surface area (Å²) in [6.07, 6.45) is 2.92. The predicted octanol–water partition coefficient (Wildman–Crippen LogP) is 4.21. The van der Waals surface area contributed by atoms with E-state index in [4.69, 9.17) is 9.47 Å². The number of ether oxygens (including phenoxy) is 2. The second kappa shape index (κ2) is 9.20. The van der Waals surface area contributed by atoms with E-state index in [0.29, 0.717) is 18.3 Å². The minimum absolute atomic E-state index is 0.0472. The number of rotatable bonds is 9. The summed E-state index contributed by atoms with van der Waals surface area (Å²) in [7, 11) is 1.64. The number of carbonyl (C=O) groups is 1. The molecule has 1 aromatic heterocycles. The van der Waals surface area contributed by atoms with E-state index in [2.05, 4.69) is 33.2 Å².